The largest absolute Gasteiger partial charge is 0.492 e. The molecule has 0 radical (unpaired) electrons. The molecule has 0 saturated heterocycles. The van der Waals surface area contributed by atoms with E-state index in [9.17, 15) is 9.50 Å². The van der Waals surface area contributed by atoms with Crippen molar-refractivity contribution in [3.63, 3.8) is 0 Å². The van der Waals surface area contributed by atoms with Crippen LogP contribution < -0.4 is 9.47 Å². The van der Waals surface area contributed by atoms with Gasteiger partial charge in [0, 0.05) is 0 Å². The molecule has 6 nitrogen and oxygen atoms in total. The second-order valence-corrected chi connectivity index (χ2v) is 6.34. The normalized spacial score (nSPS) is 15.8. The van der Waals surface area contributed by atoms with Gasteiger partial charge in [-0.25, -0.2) is 4.39 Å². The topological polar surface area (TPSA) is 65.7 Å². The highest BCUT2D eigenvalue weighted by molar-refractivity contribution is 5.27. The average molecular weight is 370 g/mol. The summed E-state index contributed by atoms with van der Waals surface area (Å²) < 4.78 is 31.7. The maximum absolute atomic E-state index is 12.9. The van der Waals surface area contributed by atoms with Crippen LogP contribution in [-0.4, -0.2) is 27.4 Å². The highest BCUT2D eigenvalue weighted by Crippen LogP contribution is 2.22. The molecule has 1 aliphatic heterocycles. The zero-order chi connectivity index (χ0) is 18.6. The van der Waals surface area contributed by atoms with Crippen molar-refractivity contribution in [3.05, 3.63) is 71.7 Å². The number of ether oxygens (including phenoxy) is 3. The van der Waals surface area contributed by atoms with Gasteiger partial charge in [-0.1, -0.05) is 24.3 Å². The summed E-state index contributed by atoms with van der Waals surface area (Å²) in [5, 5.41) is 9.39. The van der Waals surface area contributed by atoms with Gasteiger partial charge in [-0.3, -0.25) is 4.57 Å². The first kappa shape index (κ1) is 17.4. The summed E-state index contributed by atoms with van der Waals surface area (Å²) >= 11 is 0. The highest BCUT2D eigenvalue weighted by Gasteiger charge is 2.22. The molecule has 0 fully saturated rings. The quantitative estimate of drug-likeness (QED) is 0.721. The minimum Gasteiger partial charge on any atom is -0.492 e. The van der Waals surface area contributed by atoms with Crippen LogP contribution in [0.15, 0.2) is 54.7 Å². The first-order chi connectivity index (χ1) is 13.2. The third-order valence-corrected chi connectivity index (χ3v) is 4.25. The van der Waals surface area contributed by atoms with E-state index in [1.54, 1.807) is 16.7 Å². The van der Waals surface area contributed by atoms with Crippen LogP contribution in [0.3, 0.4) is 0 Å². The molecule has 2 aromatic carbocycles. The molecule has 1 N–H and O–H groups in total. The molecule has 1 aliphatic rings. The highest BCUT2D eigenvalue weighted by atomic mass is 19.1. The Morgan fingerprint density at radius 2 is 1.78 bits per heavy atom. The van der Waals surface area contributed by atoms with Crippen molar-refractivity contribution in [1.82, 2.24) is 9.55 Å². The summed E-state index contributed by atoms with van der Waals surface area (Å²) in [5.74, 6) is 0.428. The lowest BCUT2D eigenvalue weighted by Gasteiger charge is -2.24. The van der Waals surface area contributed by atoms with E-state index in [4.69, 9.17) is 14.2 Å². The predicted octanol–water partition coefficient (Wildman–Crippen LogP) is 3.28. The molecule has 0 aliphatic carbocycles. The fraction of sp³-hybridized carbons (Fsp3) is 0.250. The lowest BCUT2D eigenvalue weighted by atomic mass is 10.2. The second-order valence-electron chi connectivity index (χ2n) is 6.34. The fourth-order valence-electron chi connectivity index (χ4n) is 2.82. The molecule has 140 valence electrons. The van der Waals surface area contributed by atoms with E-state index < -0.39 is 0 Å². The molecule has 0 spiro atoms. The summed E-state index contributed by atoms with van der Waals surface area (Å²) in [5.41, 5.74) is 1.93. The van der Waals surface area contributed by atoms with Gasteiger partial charge >= 0.3 is 0 Å². The number of hydrogen-bond donors (Lipinski definition) is 1. The van der Waals surface area contributed by atoms with E-state index in [-0.39, 0.29) is 17.8 Å². The zero-order valence-corrected chi connectivity index (χ0v) is 14.5. The number of halogens is 1. The fourth-order valence-corrected chi connectivity index (χ4v) is 2.82. The number of aromatic hydroxyl groups is 1. The Bertz CT molecular complexity index is 893. The van der Waals surface area contributed by atoms with Crippen molar-refractivity contribution in [3.8, 4) is 17.6 Å². The van der Waals surface area contributed by atoms with E-state index in [1.807, 2.05) is 24.3 Å². The molecule has 7 heteroatoms. The SMILES string of the molecule is Oc1cn2c(n1)OCC(OCc1ccc(OCc3ccc(F)cc3)cc1)C2. The Morgan fingerprint density at radius 3 is 2.56 bits per heavy atom. The minimum absolute atomic E-state index is 0.0538. The van der Waals surface area contributed by atoms with Crippen molar-refractivity contribution in [2.24, 2.45) is 0 Å². The van der Waals surface area contributed by atoms with Crippen LogP contribution in [0.5, 0.6) is 17.6 Å². The van der Waals surface area contributed by atoms with Crippen LogP contribution in [0, 0.1) is 5.82 Å². The Balaban J connectivity index is 1.26. The second kappa shape index (κ2) is 7.67. The summed E-state index contributed by atoms with van der Waals surface area (Å²) in [6, 6.07) is 14.3. The van der Waals surface area contributed by atoms with Crippen LogP contribution in [0.2, 0.25) is 0 Å². The van der Waals surface area contributed by atoms with E-state index >= 15 is 0 Å². The standard InChI is InChI=1S/C20H19FN2O4/c21-16-5-1-14(2-6-16)11-25-17-7-3-15(4-8-17)12-26-18-9-23-10-19(24)22-20(23)27-13-18/h1-8,10,18,24H,9,11-13H2. The number of hydrogen-bond acceptors (Lipinski definition) is 5. The maximum Gasteiger partial charge on any atom is 0.299 e. The number of fused-ring (bicyclic) bond motifs is 1. The number of aromatic nitrogens is 2. The smallest absolute Gasteiger partial charge is 0.299 e. The summed E-state index contributed by atoms with van der Waals surface area (Å²) in [6.45, 7) is 1.81. The van der Waals surface area contributed by atoms with Crippen molar-refractivity contribution in [1.29, 1.82) is 0 Å². The van der Waals surface area contributed by atoms with Crippen LogP contribution in [-0.2, 0) is 24.5 Å². The van der Waals surface area contributed by atoms with Gasteiger partial charge in [0.25, 0.3) is 6.01 Å². The molecule has 4 rings (SSSR count). The van der Waals surface area contributed by atoms with Gasteiger partial charge in [-0.05, 0) is 35.4 Å². The molecule has 2 heterocycles. The van der Waals surface area contributed by atoms with E-state index in [1.165, 1.54) is 18.3 Å². The van der Waals surface area contributed by atoms with Gasteiger partial charge in [0.2, 0.25) is 5.88 Å². The van der Waals surface area contributed by atoms with Crippen molar-refractivity contribution < 1.29 is 23.7 Å². The van der Waals surface area contributed by atoms with Crippen LogP contribution in [0.4, 0.5) is 4.39 Å². The lowest BCUT2D eigenvalue weighted by Crippen LogP contribution is -2.32. The Morgan fingerprint density at radius 1 is 1.07 bits per heavy atom. The van der Waals surface area contributed by atoms with Gasteiger partial charge in [-0.2, -0.15) is 4.98 Å². The number of imidazole rings is 1. The van der Waals surface area contributed by atoms with Crippen molar-refractivity contribution >= 4 is 0 Å². The maximum atomic E-state index is 12.9. The number of nitrogens with zero attached hydrogens (tertiary/aromatic N) is 2. The van der Waals surface area contributed by atoms with Crippen LogP contribution >= 0.6 is 0 Å². The molecule has 0 amide bonds. The summed E-state index contributed by atoms with van der Waals surface area (Å²) in [4.78, 5) is 3.87. The molecule has 1 unspecified atom stereocenters. The Hall–Kier alpha value is -3.06. The van der Waals surface area contributed by atoms with Crippen LogP contribution in [0.1, 0.15) is 11.1 Å². The Kier molecular flexibility index (Phi) is 4.93. The first-order valence-corrected chi connectivity index (χ1v) is 8.62. The Labute approximate surface area is 155 Å². The number of rotatable bonds is 6. The molecule has 1 atom stereocenters. The van der Waals surface area contributed by atoms with E-state index in [0.717, 1.165) is 16.9 Å². The van der Waals surface area contributed by atoms with Crippen molar-refractivity contribution in [2.45, 2.75) is 25.9 Å². The van der Waals surface area contributed by atoms with Gasteiger partial charge in [0.15, 0.2) is 0 Å². The molecule has 1 aromatic heterocycles. The molecule has 0 saturated carbocycles. The molecule has 27 heavy (non-hydrogen) atoms. The molecule has 0 bridgehead atoms. The molecular weight excluding hydrogens is 351 g/mol. The van der Waals surface area contributed by atoms with E-state index in [2.05, 4.69) is 4.98 Å². The van der Waals surface area contributed by atoms with Gasteiger partial charge in [0.1, 0.15) is 30.9 Å². The third kappa shape index (κ3) is 4.38. The number of benzene rings is 2. The minimum atomic E-state index is -0.257. The van der Waals surface area contributed by atoms with Crippen LogP contribution in [0.25, 0.3) is 0 Å². The molecule has 3 aromatic rings. The lowest BCUT2D eigenvalue weighted by molar-refractivity contribution is -0.0201. The summed E-state index contributed by atoms with van der Waals surface area (Å²) in [7, 11) is 0. The van der Waals surface area contributed by atoms with E-state index in [0.29, 0.717) is 32.4 Å². The third-order valence-electron chi connectivity index (χ3n) is 4.25. The van der Waals surface area contributed by atoms with Gasteiger partial charge in [0.05, 0.1) is 19.3 Å². The van der Waals surface area contributed by atoms with Crippen molar-refractivity contribution in [2.75, 3.05) is 6.61 Å². The monoisotopic (exact) mass is 370 g/mol. The molecular formula is C20H19FN2O4. The summed E-state index contributed by atoms with van der Waals surface area (Å²) in [6.07, 6.45) is 1.42. The average Bonchev–Trinajstić information content (AvgIpc) is 3.06. The predicted molar refractivity (Wildman–Crippen MR) is 95.1 cm³/mol. The van der Waals surface area contributed by atoms with Gasteiger partial charge in [-0.15, -0.1) is 0 Å². The zero-order valence-electron chi connectivity index (χ0n) is 14.5. The first-order valence-electron chi connectivity index (χ1n) is 8.62. The van der Waals surface area contributed by atoms with Gasteiger partial charge < -0.3 is 19.3 Å².